The number of carboxylic acid groups (broad SMARTS) is 1. The van der Waals surface area contributed by atoms with E-state index >= 15 is 0 Å². The van der Waals surface area contributed by atoms with E-state index in [0.717, 1.165) is 18.2 Å². The lowest BCUT2D eigenvalue weighted by Crippen LogP contribution is -2.27. The minimum Gasteiger partial charge on any atom is -0.495 e. The average molecular weight is 317 g/mol. The van der Waals surface area contributed by atoms with Gasteiger partial charge in [0.2, 0.25) is 10.0 Å². The van der Waals surface area contributed by atoms with Crippen LogP contribution < -0.4 is 9.46 Å². The summed E-state index contributed by atoms with van der Waals surface area (Å²) in [7, 11) is -1.50. The monoisotopic (exact) mass is 317 g/mol. The van der Waals surface area contributed by atoms with Gasteiger partial charge in [0.15, 0.2) is 0 Å². The Morgan fingerprint density at radius 2 is 1.95 bits per heavy atom. The number of aromatic carboxylic acids is 1. The van der Waals surface area contributed by atoms with E-state index in [0.29, 0.717) is 0 Å². The summed E-state index contributed by atoms with van der Waals surface area (Å²) in [6.07, 6.45) is -0.120. The van der Waals surface area contributed by atoms with Crippen LogP contribution >= 0.6 is 0 Å². The number of ether oxygens (including phenoxy) is 2. The van der Waals surface area contributed by atoms with Crippen molar-refractivity contribution in [1.29, 1.82) is 0 Å². The third kappa shape index (κ3) is 4.43. The standard InChI is InChI=1S/C12H15NO7S/c1-19-9-7-8(12(15)16)3-4-10(9)21(17,18)13-6-5-11(14)20-2/h3-4,7,13H,5-6H2,1-2H3,(H,15,16). The van der Waals surface area contributed by atoms with Gasteiger partial charge < -0.3 is 14.6 Å². The van der Waals surface area contributed by atoms with E-state index in [9.17, 15) is 18.0 Å². The highest BCUT2D eigenvalue weighted by Crippen LogP contribution is 2.24. The predicted molar refractivity (Wildman–Crippen MR) is 71.8 cm³/mol. The molecule has 0 radical (unpaired) electrons. The maximum absolute atomic E-state index is 12.1. The zero-order chi connectivity index (χ0) is 16.0. The second-order valence-corrected chi connectivity index (χ2v) is 5.63. The Balaban J connectivity index is 2.97. The molecule has 0 aromatic heterocycles. The van der Waals surface area contributed by atoms with Crippen LogP contribution in [-0.4, -0.2) is 46.2 Å². The largest absolute Gasteiger partial charge is 0.495 e. The average Bonchev–Trinajstić information content (AvgIpc) is 2.45. The van der Waals surface area contributed by atoms with Gasteiger partial charge in [-0.2, -0.15) is 0 Å². The summed E-state index contributed by atoms with van der Waals surface area (Å²) in [4.78, 5) is 21.6. The quantitative estimate of drug-likeness (QED) is 0.691. The lowest BCUT2D eigenvalue weighted by atomic mass is 10.2. The van der Waals surface area contributed by atoms with Crippen molar-refractivity contribution in [3.8, 4) is 5.75 Å². The van der Waals surface area contributed by atoms with Gasteiger partial charge in [0.1, 0.15) is 10.6 Å². The normalized spacial score (nSPS) is 11.0. The molecule has 0 aliphatic heterocycles. The highest BCUT2D eigenvalue weighted by atomic mass is 32.2. The Kier molecular flexibility index (Phi) is 5.68. The van der Waals surface area contributed by atoms with Gasteiger partial charge in [-0.25, -0.2) is 17.9 Å². The Morgan fingerprint density at radius 1 is 1.29 bits per heavy atom. The number of carbonyl (C=O) groups is 2. The number of carbonyl (C=O) groups excluding carboxylic acids is 1. The number of carboxylic acids is 1. The van der Waals surface area contributed by atoms with Gasteiger partial charge in [-0.1, -0.05) is 0 Å². The molecule has 0 aliphatic carbocycles. The van der Waals surface area contributed by atoms with E-state index in [2.05, 4.69) is 9.46 Å². The molecule has 116 valence electrons. The highest BCUT2D eigenvalue weighted by molar-refractivity contribution is 7.89. The molecule has 0 fully saturated rings. The Morgan fingerprint density at radius 3 is 2.48 bits per heavy atom. The van der Waals surface area contributed by atoms with Gasteiger partial charge in [-0.05, 0) is 18.2 Å². The minimum atomic E-state index is -3.93. The smallest absolute Gasteiger partial charge is 0.335 e. The van der Waals surface area contributed by atoms with E-state index in [1.54, 1.807) is 0 Å². The predicted octanol–water partition coefficient (Wildman–Crippen LogP) is 0.235. The van der Waals surface area contributed by atoms with Crippen LogP contribution in [-0.2, 0) is 19.6 Å². The molecule has 0 saturated heterocycles. The fourth-order valence-corrected chi connectivity index (χ4v) is 2.67. The van der Waals surface area contributed by atoms with Crippen molar-refractivity contribution in [2.75, 3.05) is 20.8 Å². The molecule has 0 atom stereocenters. The Hall–Kier alpha value is -2.13. The fraction of sp³-hybridized carbons (Fsp3) is 0.333. The molecular weight excluding hydrogens is 302 g/mol. The number of hydrogen-bond acceptors (Lipinski definition) is 6. The molecule has 1 aromatic rings. The van der Waals surface area contributed by atoms with Crippen LogP contribution in [0.2, 0.25) is 0 Å². The number of hydrogen-bond donors (Lipinski definition) is 2. The SMILES string of the molecule is COC(=O)CCNS(=O)(=O)c1ccc(C(=O)O)cc1OC. The Labute approximate surface area is 121 Å². The number of benzene rings is 1. The van der Waals surface area contributed by atoms with Crippen molar-refractivity contribution < 1.29 is 32.6 Å². The third-order valence-electron chi connectivity index (χ3n) is 2.55. The van der Waals surface area contributed by atoms with Crippen molar-refractivity contribution in [2.24, 2.45) is 0 Å². The molecule has 1 aromatic carbocycles. The second-order valence-electron chi connectivity index (χ2n) is 3.89. The number of sulfonamides is 1. The molecule has 0 unspecified atom stereocenters. The van der Waals surface area contributed by atoms with Crippen molar-refractivity contribution in [2.45, 2.75) is 11.3 Å². The number of nitrogens with one attached hydrogen (secondary N) is 1. The summed E-state index contributed by atoms with van der Waals surface area (Å²) in [6, 6.07) is 3.39. The molecule has 21 heavy (non-hydrogen) atoms. The van der Waals surface area contributed by atoms with E-state index in [1.807, 2.05) is 0 Å². The van der Waals surface area contributed by atoms with Crippen LogP contribution in [0.5, 0.6) is 5.75 Å². The fourth-order valence-electron chi connectivity index (χ4n) is 1.49. The molecule has 0 heterocycles. The summed E-state index contributed by atoms with van der Waals surface area (Å²) < 4.78 is 35.6. The van der Waals surface area contributed by atoms with E-state index in [4.69, 9.17) is 9.84 Å². The molecule has 0 aliphatic rings. The molecule has 0 amide bonds. The van der Waals surface area contributed by atoms with Crippen LogP contribution in [0.1, 0.15) is 16.8 Å². The molecule has 0 saturated carbocycles. The highest BCUT2D eigenvalue weighted by Gasteiger charge is 2.21. The van der Waals surface area contributed by atoms with Gasteiger partial charge in [-0.3, -0.25) is 4.79 Å². The Bertz CT molecular complexity index is 639. The van der Waals surface area contributed by atoms with E-state index < -0.39 is 22.0 Å². The van der Waals surface area contributed by atoms with E-state index in [-0.39, 0.29) is 29.2 Å². The molecule has 8 nitrogen and oxygen atoms in total. The first-order valence-electron chi connectivity index (χ1n) is 5.79. The first-order valence-corrected chi connectivity index (χ1v) is 7.28. The molecule has 9 heteroatoms. The summed E-state index contributed by atoms with van der Waals surface area (Å²) >= 11 is 0. The van der Waals surface area contributed by atoms with Crippen LogP contribution in [0.25, 0.3) is 0 Å². The number of methoxy groups -OCH3 is 2. The first-order chi connectivity index (χ1) is 9.81. The summed E-state index contributed by atoms with van der Waals surface area (Å²) in [6.45, 7) is -0.140. The van der Waals surface area contributed by atoms with Crippen molar-refractivity contribution in [3.05, 3.63) is 23.8 Å². The number of rotatable bonds is 7. The second kappa shape index (κ2) is 7.04. The van der Waals surface area contributed by atoms with Crippen LogP contribution in [0.15, 0.2) is 23.1 Å². The van der Waals surface area contributed by atoms with Gasteiger partial charge in [0.25, 0.3) is 0 Å². The summed E-state index contributed by atoms with van der Waals surface area (Å²) in [5, 5.41) is 8.86. The molecule has 1 rings (SSSR count). The molecule has 2 N–H and O–H groups in total. The van der Waals surface area contributed by atoms with Crippen LogP contribution in [0, 0.1) is 0 Å². The topological polar surface area (TPSA) is 119 Å². The summed E-state index contributed by atoms with van der Waals surface area (Å²) in [5.74, 6) is -1.85. The maximum Gasteiger partial charge on any atom is 0.335 e. The van der Waals surface area contributed by atoms with Crippen LogP contribution in [0.4, 0.5) is 0 Å². The van der Waals surface area contributed by atoms with Gasteiger partial charge in [0, 0.05) is 6.54 Å². The molecular formula is C12H15NO7S. The van der Waals surface area contributed by atoms with Crippen molar-refractivity contribution >= 4 is 22.0 Å². The summed E-state index contributed by atoms with van der Waals surface area (Å²) in [5.41, 5.74) is -0.0969. The lowest BCUT2D eigenvalue weighted by molar-refractivity contribution is -0.140. The minimum absolute atomic E-state index is 0.0968. The van der Waals surface area contributed by atoms with Gasteiger partial charge in [0.05, 0.1) is 26.2 Å². The van der Waals surface area contributed by atoms with Gasteiger partial charge in [-0.15, -0.1) is 0 Å². The van der Waals surface area contributed by atoms with Gasteiger partial charge >= 0.3 is 11.9 Å². The molecule has 0 spiro atoms. The zero-order valence-corrected chi connectivity index (χ0v) is 12.3. The molecule has 0 bridgehead atoms. The lowest BCUT2D eigenvalue weighted by Gasteiger charge is -2.11. The zero-order valence-electron chi connectivity index (χ0n) is 11.5. The van der Waals surface area contributed by atoms with Crippen molar-refractivity contribution in [3.63, 3.8) is 0 Å². The first kappa shape index (κ1) is 16.9. The third-order valence-corrected chi connectivity index (χ3v) is 4.05. The van der Waals surface area contributed by atoms with E-state index in [1.165, 1.54) is 14.2 Å². The number of esters is 1. The maximum atomic E-state index is 12.1. The van der Waals surface area contributed by atoms with Crippen molar-refractivity contribution in [1.82, 2.24) is 4.72 Å². The van der Waals surface area contributed by atoms with Crippen LogP contribution in [0.3, 0.4) is 0 Å².